The summed E-state index contributed by atoms with van der Waals surface area (Å²) < 4.78 is 40.7. The Hall–Kier alpha value is -1.98. The average molecular weight is 227 g/mol. The number of nitrogens with zero attached hydrogens (tertiary/aromatic N) is 2. The molecule has 0 radical (unpaired) electrons. The normalized spacial score (nSPS) is 10.5. The number of aryl methyl sites for hydroxylation is 1. The Labute approximate surface area is 89.5 Å². The molecule has 1 aromatic heterocycles. The Morgan fingerprint density at radius 1 is 1.19 bits per heavy atom. The molecule has 6 heteroatoms. The molecular formula is C10H8F3N3. The van der Waals surface area contributed by atoms with E-state index in [4.69, 9.17) is 0 Å². The van der Waals surface area contributed by atoms with Crippen LogP contribution in [0.5, 0.6) is 0 Å². The number of imidazole rings is 1. The molecule has 0 atom stereocenters. The number of hydrogen-bond donors (Lipinski definition) is 1. The van der Waals surface area contributed by atoms with Gasteiger partial charge < -0.3 is 9.88 Å². The molecule has 84 valence electrons. The van der Waals surface area contributed by atoms with E-state index in [9.17, 15) is 13.2 Å². The summed E-state index contributed by atoms with van der Waals surface area (Å²) in [4.78, 5) is 3.84. The number of benzene rings is 1. The number of hydrogen-bond acceptors (Lipinski definition) is 2. The smallest absolute Gasteiger partial charge is 0.207 e. The first kappa shape index (κ1) is 10.5. The van der Waals surface area contributed by atoms with Gasteiger partial charge >= 0.3 is 0 Å². The van der Waals surface area contributed by atoms with Crippen LogP contribution >= 0.6 is 0 Å². The molecule has 0 amide bonds. The van der Waals surface area contributed by atoms with Gasteiger partial charge in [-0.3, -0.25) is 0 Å². The molecule has 1 aromatic carbocycles. The van der Waals surface area contributed by atoms with E-state index in [1.54, 1.807) is 17.8 Å². The van der Waals surface area contributed by atoms with Gasteiger partial charge in [-0.25, -0.2) is 18.2 Å². The van der Waals surface area contributed by atoms with Crippen molar-refractivity contribution in [1.29, 1.82) is 0 Å². The van der Waals surface area contributed by atoms with Crippen molar-refractivity contribution < 1.29 is 13.2 Å². The first-order valence-electron chi connectivity index (χ1n) is 4.47. The van der Waals surface area contributed by atoms with E-state index in [2.05, 4.69) is 10.3 Å². The van der Waals surface area contributed by atoms with Crippen molar-refractivity contribution in [1.82, 2.24) is 9.55 Å². The molecule has 0 aliphatic heterocycles. The van der Waals surface area contributed by atoms with Gasteiger partial charge in [0.1, 0.15) is 11.5 Å². The third-order valence-corrected chi connectivity index (χ3v) is 2.06. The van der Waals surface area contributed by atoms with E-state index < -0.39 is 23.1 Å². The molecule has 0 bridgehead atoms. The third kappa shape index (κ3) is 1.86. The molecule has 0 spiro atoms. The molecule has 0 aliphatic carbocycles. The minimum absolute atomic E-state index is 0.268. The first-order chi connectivity index (χ1) is 7.58. The van der Waals surface area contributed by atoms with Gasteiger partial charge in [-0.05, 0) is 0 Å². The predicted molar refractivity (Wildman–Crippen MR) is 52.8 cm³/mol. The molecule has 1 N–H and O–H groups in total. The fraction of sp³-hybridized carbons (Fsp3) is 0.100. The molecule has 0 fully saturated rings. The second-order valence-corrected chi connectivity index (χ2v) is 3.23. The summed E-state index contributed by atoms with van der Waals surface area (Å²) in [6, 6.07) is 1.21. The van der Waals surface area contributed by atoms with Gasteiger partial charge in [0.25, 0.3) is 0 Å². The van der Waals surface area contributed by atoms with Crippen LogP contribution < -0.4 is 5.32 Å². The van der Waals surface area contributed by atoms with Crippen LogP contribution in [0, 0.1) is 17.5 Å². The SMILES string of the molecule is Cn1ccnc1Nc1c(F)cc(F)cc1F. The van der Waals surface area contributed by atoms with Crippen LogP contribution in [0.4, 0.5) is 24.8 Å². The van der Waals surface area contributed by atoms with Crippen molar-refractivity contribution in [2.24, 2.45) is 7.05 Å². The maximum Gasteiger partial charge on any atom is 0.207 e. The van der Waals surface area contributed by atoms with Gasteiger partial charge in [-0.15, -0.1) is 0 Å². The first-order valence-corrected chi connectivity index (χ1v) is 4.47. The highest BCUT2D eigenvalue weighted by molar-refractivity contribution is 5.55. The molecular weight excluding hydrogens is 219 g/mol. The van der Waals surface area contributed by atoms with E-state index in [-0.39, 0.29) is 5.95 Å². The summed E-state index contributed by atoms with van der Waals surface area (Å²) in [6.45, 7) is 0. The number of anilines is 2. The predicted octanol–water partition coefficient (Wildman–Crippen LogP) is 2.58. The quantitative estimate of drug-likeness (QED) is 0.854. The minimum atomic E-state index is -1.000. The summed E-state index contributed by atoms with van der Waals surface area (Å²) >= 11 is 0. The molecule has 0 aliphatic rings. The standard InChI is InChI=1S/C10H8F3N3/c1-16-3-2-14-10(16)15-9-7(12)4-6(11)5-8(9)13/h2-5H,1H3,(H,14,15). The molecule has 2 aromatic rings. The summed E-state index contributed by atoms with van der Waals surface area (Å²) in [5, 5.41) is 2.45. The Kier molecular flexibility index (Phi) is 2.55. The number of halogens is 3. The third-order valence-electron chi connectivity index (χ3n) is 2.06. The lowest BCUT2D eigenvalue weighted by Gasteiger charge is -2.08. The second kappa shape index (κ2) is 3.88. The number of aromatic nitrogens is 2. The molecule has 0 saturated carbocycles. The monoisotopic (exact) mass is 227 g/mol. The van der Waals surface area contributed by atoms with Crippen molar-refractivity contribution in [3.05, 3.63) is 42.0 Å². The molecule has 1 heterocycles. The molecule has 0 saturated heterocycles. The van der Waals surface area contributed by atoms with E-state index in [1.807, 2.05) is 0 Å². The zero-order valence-corrected chi connectivity index (χ0v) is 8.34. The zero-order chi connectivity index (χ0) is 11.7. The molecule has 2 rings (SSSR count). The van der Waals surface area contributed by atoms with Crippen molar-refractivity contribution >= 4 is 11.6 Å². The fourth-order valence-electron chi connectivity index (χ4n) is 1.26. The zero-order valence-electron chi connectivity index (χ0n) is 8.34. The lowest BCUT2D eigenvalue weighted by atomic mass is 10.3. The highest BCUT2D eigenvalue weighted by atomic mass is 19.1. The Morgan fingerprint density at radius 3 is 2.31 bits per heavy atom. The van der Waals surface area contributed by atoms with Crippen molar-refractivity contribution in [3.8, 4) is 0 Å². The van der Waals surface area contributed by atoms with E-state index in [1.165, 1.54) is 6.20 Å². The Bertz CT molecular complexity index is 499. The fourth-order valence-corrected chi connectivity index (χ4v) is 1.26. The topological polar surface area (TPSA) is 29.9 Å². The van der Waals surface area contributed by atoms with Crippen LogP contribution in [-0.2, 0) is 7.05 Å². The largest absolute Gasteiger partial charge is 0.321 e. The minimum Gasteiger partial charge on any atom is -0.321 e. The van der Waals surface area contributed by atoms with Gasteiger partial charge in [0.2, 0.25) is 5.95 Å². The van der Waals surface area contributed by atoms with Gasteiger partial charge in [0.05, 0.1) is 0 Å². The summed E-state index contributed by atoms with van der Waals surface area (Å²) in [6.07, 6.45) is 3.09. The van der Waals surface area contributed by atoms with Crippen molar-refractivity contribution in [3.63, 3.8) is 0 Å². The highest BCUT2D eigenvalue weighted by Crippen LogP contribution is 2.23. The maximum absolute atomic E-state index is 13.3. The van der Waals surface area contributed by atoms with E-state index in [0.29, 0.717) is 12.1 Å². The van der Waals surface area contributed by atoms with E-state index in [0.717, 1.165) is 0 Å². The Morgan fingerprint density at radius 2 is 1.81 bits per heavy atom. The van der Waals surface area contributed by atoms with E-state index >= 15 is 0 Å². The van der Waals surface area contributed by atoms with Crippen molar-refractivity contribution in [2.45, 2.75) is 0 Å². The second-order valence-electron chi connectivity index (χ2n) is 3.23. The maximum atomic E-state index is 13.3. The number of rotatable bonds is 2. The van der Waals surface area contributed by atoms with Crippen LogP contribution in [-0.4, -0.2) is 9.55 Å². The Balaban J connectivity index is 2.39. The molecule has 16 heavy (non-hydrogen) atoms. The lowest BCUT2D eigenvalue weighted by Crippen LogP contribution is -2.03. The van der Waals surface area contributed by atoms with Crippen LogP contribution in [0.2, 0.25) is 0 Å². The van der Waals surface area contributed by atoms with Crippen LogP contribution in [0.15, 0.2) is 24.5 Å². The summed E-state index contributed by atoms with van der Waals surface area (Å²) in [5.41, 5.74) is -0.421. The van der Waals surface area contributed by atoms with Crippen LogP contribution in [0.25, 0.3) is 0 Å². The van der Waals surface area contributed by atoms with Gasteiger partial charge in [0, 0.05) is 31.6 Å². The highest BCUT2D eigenvalue weighted by Gasteiger charge is 2.12. The van der Waals surface area contributed by atoms with Crippen LogP contribution in [0.3, 0.4) is 0 Å². The van der Waals surface area contributed by atoms with Gasteiger partial charge in [-0.2, -0.15) is 0 Å². The lowest BCUT2D eigenvalue weighted by molar-refractivity contribution is 0.548. The molecule has 0 unspecified atom stereocenters. The molecule has 3 nitrogen and oxygen atoms in total. The summed E-state index contributed by atoms with van der Waals surface area (Å²) in [5.74, 6) is -2.69. The van der Waals surface area contributed by atoms with Gasteiger partial charge in [0.15, 0.2) is 11.6 Å². The van der Waals surface area contributed by atoms with Crippen molar-refractivity contribution in [2.75, 3.05) is 5.32 Å². The van der Waals surface area contributed by atoms with Crippen LogP contribution in [0.1, 0.15) is 0 Å². The average Bonchev–Trinajstić information content (AvgIpc) is 2.57. The summed E-state index contributed by atoms with van der Waals surface area (Å²) in [7, 11) is 1.66. The number of nitrogens with one attached hydrogen (secondary N) is 1. The van der Waals surface area contributed by atoms with Gasteiger partial charge in [-0.1, -0.05) is 0 Å².